The van der Waals surface area contributed by atoms with Gasteiger partial charge in [0, 0.05) is 23.0 Å². The molecule has 1 unspecified atom stereocenters. The van der Waals surface area contributed by atoms with E-state index in [4.69, 9.17) is 9.15 Å². The van der Waals surface area contributed by atoms with Crippen LogP contribution in [0.1, 0.15) is 25.7 Å². The predicted molar refractivity (Wildman–Crippen MR) is 123 cm³/mol. The Morgan fingerprint density at radius 1 is 1.03 bits per heavy atom. The van der Waals surface area contributed by atoms with Gasteiger partial charge in [0.15, 0.2) is 11.5 Å². The smallest absolute Gasteiger partial charge is 0.319 e. The number of amides is 2. The van der Waals surface area contributed by atoms with Crippen LogP contribution in [0.2, 0.25) is 0 Å². The van der Waals surface area contributed by atoms with E-state index < -0.39 is 0 Å². The predicted octanol–water partition coefficient (Wildman–Crippen LogP) is 5.16. The number of nitrogens with zero attached hydrogens (tertiary/aromatic N) is 3. The number of hydrogen-bond donors (Lipinski definition) is 2. The van der Waals surface area contributed by atoms with Gasteiger partial charge in [-0.05, 0) is 30.2 Å². The Morgan fingerprint density at radius 3 is 2.66 bits per heavy atom. The van der Waals surface area contributed by atoms with Crippen molar-refractivity contribution in [3.63, 3.8) is 0 Å². The van der Waals surface area contributed by atoms with Gasteiger partial charge < -0.3 is 19.8 Å². The molecule has 0 saturated heterocycles. The monoisotopic (exact) mass is 429 g/mol. The Bertz CT molecular complexity index is 1440. The van der Waals surface area contributed by atoms with E-state index in [0.29, 0.717) is 22.8 Å². The molecule has 0 radical (unpaired) electrons. The molecule has 0 saturated carbocycles. The number of urea groups is 1. The number of aromatic nitrogens is 3. The maximum atomic E-state index is 13.0. The molecule has 2 N–H and O–H groups in total. The van der Waals surface area contributed by atoms with Crippen LogP contribution in [0.4, 0.5) is 10.5 Å². The summed E-state index contributed by atoms with van der Waals surface area (Å²) in [7, 11) is 1.58. The summed E-state index contributed by atoms with van der Waals surface area (Å²) in [5.74, 6) is 1.31. The maximum Gasteiger partial charge on any atom is 0.319 e. The molecule has 5 aromatic rings. The lowest BCUT2D eigenvalue weighted by Crippen LogP contribution is -2.36. The summed E-state index contributed by atoms with van der Waals surface area (Å²) >= 11 is 0. The van der Waals surface area contributed by atoms with Crippen LogP contribution >= 0.6 is 0 Å². The van der Waals surface area contributed by atoms with Gasteiger partial charge in [0.2, 0.25) is 0 Å². The van der Waals surface area contributed by atoms with Crippen molar-refractivity contribution in [3.05, 3.63) is 66.6 Å². The first-order valence-electron chi connectivity index (χ1n) is 10.4. The van der Waals surface area contributed by atoms with E-state index in [9.17, 15) is 4.79 Å². The van der Waals surface area contributed by atoms with Gasteiger partial charge >= 0.3 is 6.03 Å². The number of pyridine rings is 1. The average molecular weight is 429 g/mol. The molecule has 8 nitrogen and oxygen atoms in total. The number of furan rings is 1. The largest absolute Gasteiger partial charge is 0.495 e. The molecule has 32 heavy (non-hydrogen) atoms. The van der Waals surface area contributed by atoms with Crippen molar-refractivity contribution in [2.24, 2.45) is 5.92 Å². The van der Waals surface area contributed by atoms with Crippen LogP contribution < -0.4 is 15.4 Å². The second-order valence-electron chi connectivity index (χ2n) is 7.95. The summed E-state index contributed by atoms with van der Waals surface area (Å²) in [4.78, 5) is 13.0. The highest BCUT2D eigenvalue weighted by molar-refractivity contribution is 6.07. The van der Waals surface area contributed by atoms with Gasteiger partial charge in [-0.2, -0.15) is 0 Å². The highest BCUT2D eigenvalue weighted by Gasteiger charge is 2.24. The highest BCUT2D eigenvalue weighted by atomic mass is 16.5. The number of carbonyl (C=O) groups excluding carboxylic acids is 1. The number of para-hydroxylation sites is 1. The first-order valence-corrected chi connectivity index (χ1v) is 10.4. The van der Waals surface area contributed by atoms with Gasteiger partial charge in [-0.25, -0.2) is 4.79 Å². The molecule has 0 fully saturated rings. The molecule has 0 spiro atoms. The zero-order valence-electron chi connectivity index (χ0n) is 18.0. The number of methoxy groups -OCH3 is 1. The molecule has 0 aliphatic carbocycles. The van der Waals surface area contributed by atoms with Gasteiger partial charge in [-0.3, -0.25) is 4.40 Å². The molecule has 3 heterocycles. The van der Waals surface area contributed by atoms with Crippen molar-refractivity contribution < 1.29 is 13.9 Å². The standard InChI is InChI=1S/C24H23N5O3/c1-14(2)22(23-28-27-21-10-6-7-11-29(21)23)26-24(30)25-17-13-19-16(12-20(17)31-3)15-8-4-5-9-18(15)32-19/h4-14,22H,1-3H3,(H2,25,26,30). The van der Waals surface area contributed by atoms with Crippen LogP contribution in [-0.4, -0.2) is 27.7 Å². The molecule has 5 rings (SSSR count). The van der Waals surface area contributed by atoms with Crippen LogP contribution in [-0.2, 0) is 0 Å². The number of rotatable bonds is 5. The SMILES string of the molecule is COc1cc2c(cc1NC(=O)NC(c1nnc3ccccn13)C(C)C)oc1ccccc12. The fraction of sp³-hybridized carbons (Fsp3) is 0.208. The molecule has 162 valence electrons. The first kappa shape index (κ1) is 19.9. The number of ether oxygens (including phenoxy) is 1. The first-order chi connectivity index (χ1) is 15.5. The summed E-state index contributed by atoms with van der Waals surface area (Å²) in [5, 5.41) is 16.4. The molecule has 3 aromatic heterocycles. The third kappa shape index (κ3) is 3.39. The van der Waals surface area contributed by atoms with Gasteiger partial charge in [0.25, 0.3) is 0 Å². The van der Waals surface area contributed by atoms with Crippen LogP contribution in [0.15, 0.2) is 65.2 Å². The minimum atomic E-state index is -0.370. The number of benzene rings is 2. The number of anilines is 1. The van der Waals surface area contributed by atoms with E-state index in [-0.39, 0.29) is 18.0 Å². The third-order valence-corrected chi connectivity index (χ3v) is 5.52. The minimum absolute atomic E-state index is 0.0908. The van der Waals surface area contributed by atoms with Gasteiger partial charge in [-0.1, -0.05) is 38.1 Å². The van der Waals surface area contributed by atoms with E-state index >= 15 is 0 Å². The minimum Gasteiger partial charge on any atom is -0.495 e. The van der Waals surface area contributed by atoms with E-state index in [1.807, 2.05) is 73.0 Å². The number of carbonyl (C=O) groups is 1. The molecule has 2 amide bonds. The van der Waals surface area contributed by atoms with E-state index in [1.54, 1.807) is 13.2 Å². The van der Waals surface area contributed by atoms with E-state index in [2.05, 4.69) is 20.8 Å². The van der Waals surface area contributed by atoms with Crippen molar-refractivity contribution in [2.75, 3.05) is 12.4 Å². The van der Waals surface area contributed by atoms with E-state index in [0.717, 1.165) is 22.0 Å². The lowest BCUT2D eigenvalue weighted by molar-refractivity contribution is 0.243. The summed E-state index contributed by atoms with van der Waals surface area (Å²) in [6, 6.07) is 16.4. The summed E-state index contributed by atoms with van der Waals surface area (Å²) < 4.78 is 13.4. The molecular formula is C24H23N5O3. The maximum absolute atomic E-state index is 13.0. The number of fused-ring (bicyclic) bond motifs is 4. The van der Waals surface area contributed by atoms with Crippen molar-refractivity contribution in [3.8, 4) is 5.75 Å². The fourth-order valence-electron chi connectivity index (χ4n) is 3.92. The lowest BCUT2D eigenvalue weighted by Gasteiger charge is -2.21. The Morgan fingerprint density at radius 2 is 1.84 bits per heavy atom. The van der Waals surface area contributed by atoms with E-state index in [1.165, 1.54) is 0 Å². The van der Waals surface area contributed by atoms with Crippen LogP contribution in [0, 0.1) is 5.92 Å². The van der Waals surface area contributed by atoms with Gasteiger partial charge in [-0.15, -0.1) is 10.2 Å². The molecule has 0 bridgehead atoms. The summed E-state index contributed by atoms with van der Waals surface area (Å²) in [5.41, 5.74) is 2.70. The molecule has 0 aliphatic rings. The normalized spacial score (nSPS) is 12.5. The summed E-state index contributed by atoms with van der Waals surface area (Å²) in [6.07, 6.45) is 1.89. The Kier molecular flexibility index (Phi) is 4.89. The van der Waals surface area contributed by atoms with Gasteiger partial charge in [0.1, 0.15) is 16.9 Å². The topological polar surface area (TPSA) is 93.7 Å². The highest BCUT2D eigenvalue weighted by Crippen LogP contribution is 2.36. The Hall–Kier alpha value is -4.07. The van der Waals surface area contributed by atoms with Crippen molar-refractivity contribution in [1.29, 1.82) is 0 Å². The lowest BCUT2D eigenvalue weighted by atomic mass is 10.0. The molecular weight excluding hydrogens is 406 g/mol. The molecule has 2 aromatic carbocycles. The van der Waals surface area contributed by atoms with Crippen LogP contribution in [0.5, 0.6) is 5.75 Å². The van der Waals surface area contributed by atoms with Gasteiger partial charge in [0.05, 0.1) is 18.8 Å². The van der Waals surface area contributed by atoms with Crippen LogP contribution in [0.3, 0.4) is 0 Å². The zero-order valence-corrected chi connectivity index (χ0v) is 18.0. The average Bonchev–Trinajstić information content (AvgIpc) is 3.37. The van der Waals surface area contributed by atoms with Crippen molar-refractivity contribution in [1.82, 2.24) is 19.9 Å². The molecule has 8 heteroatoms. The second-order valence-corrected chi connectivity index (χ2v) is 7.95. The van der Waals surface area contributed by atoms with Crippen LogP contribution in [0.25, 0.3) is 27.6 Å². The Labute approximate surface area is 184 Å². The second kappa shape index (κ2) is 7.88. The molecule has 0 aliphatic heterocycles. The Balaban J connectivity index is 1.45. The summed E-state index contributed by atoms with van der Waals surface area (Å²) in [6.45, 7) is 4.05. The zero-order chi connectivity index (χ0) is 22.2. The fourth-order valence-corrected chi connectivity index (χ4v) is 3.92. The molecule has 1 atom stereocenters. The number of nitrogens with one attached hydrogen (secondary N) is 2. The van der Waals surface area contributed by atoms with Crippen molar-refractivity contribution in [2.45, 2.75) is 19.9 Å². The van der Waals surface area contributed by atoms with Crippen molar-refractivity contribution >= 4 is 39.3 Å². The quantitative estimate of drug-likeness (QED) is 0.403. The third-order valence-electron chi connectivity index (χ3n) is 5.52. The number of hydrogen-bond acceptors (Lipinski definition) is 5.